The first-order chi connectivity index (χ1) is 13.7. The van der Waals surface area contributed by atoms with Gasteiger partial charge >= 0.3 is 0 Å². The molecule has 5 rings (SSSR count). The molecule has 0 atom stereocenters. The summed E-state index contributed by atoms with van der Waals surface area (Å²) in [4.78, 5) is 29.7. The molecule has 142 valence electrons. The van der Waals surface area contributed by atoms with E-state index in [9.17, 15) is 4.79 Å². The summed E-state index contributed by atoms with van der Waals surface area (Å²) in [7, 11) is 1.63. The largest absolute Gasteiger partial charge is 0.497 e. The Morgan fingerprint density at radius 1 is 1.21 bits per heavy atom. The quantitative estimate of drug-likeness (QED) is 0.721. The molecule has 1 N–H and O–H groups in total. The third kappa shape index (κ3) is 2.90. The fourth-order valence-electron chi connectivity index (χ4n) is 3.41. The molecule has 8 heteroatoms. The summed E-state index contributed by atoms with van der Waals surface area (Å²) >= 11 is 1.39. The Bertz CT molecular complexity index is 1070. The van der Waals surface area contributed by atoms with Crippen molar-refractivity contribution < 1.29 is 9.53 Å². The number of Topliss-reactive ketones (excluding diaryl/α,β-unsaturated/α-hetero) is 1. The van der Waals surface area contributed by atoms with E-state index in [-0.39, 0.29) is 12.3 Å². The number of hydrogen-bond donors (Lipinski definition) is 1. The summed E-state index contributed by atoms with van der Waals surface area (Å²) in [5, 5.41) is 4.33. The van der Waals surface area contributed by atoms with E-state index in [2.05, 4.69) is 20.3 Å². The molecule has 2 aliphatic rings. The minimum Gasteiger partial charge on any atom is -0.497 e. The number of benzene rings is 1. The Labute approximate surface area is 166 Å². The summed E-state index contributed by atoms with van der Waals surface area (Å²) in [5.74, 6) is 1.58. The third-order valence-corrected chi connectivity index (χ3v) is 6.33. The van der Waals surface area contributed by atoms with Crippen molar-refractivity contribution in [2.24, 2.45) is 4.99 Å². The second-order valence-corrected chi connectivity index (χ2v) is 7.95. The molecule has 1 aliphatic heterocycles. The van der Waals surface area contributed by atoms with Gasteiger partial charge < -0.3 is 15.0 Å². The Hall–Kier alpha value is -3.00. The molecule has 28 heavy (non-hydrogen) atoms. The van der Waals surface area contributed by atoms with Crippen molar-refractivity contribution in [2.45, 2.75) is 25.3 Å². The zero-order chi connectivity index (χ0) is 19.1. The van der Waals surface area contributed by atoms with Crippen molar-refractivity contribution in [3.63, 3.8) is 0 Å². The second kappa shape index (κ2) is 6.87. The van der Waals surface area contributed by atoms with Gasteiger partial charge in [-0.1, -0.05) is 0 Å². The van der Waals surface area contributed by atoms with E-state index in [1.54, 1.807) is 19.8 Å². The van der Waals surface area contributed by atoms with Crippen molar-refractivity contribution in [1.82, 2.24) is 9.97 Å². The maximum Gasteiger partial charge on any atom is 0.194 e. The Morgan fingerprint density at radius 2 is 2.04 bits per heavy atom. The van der Waals surface area contributed by atoms with E-state index >= 15 is 0 Å². The molecule has 0 amide bonds. The van der Waals surface area contributed by atoms with Gasteiger partial charge in [-0.25, -0.2) is 15.0 Å². The predicted molar refractivity (Wildman–Crippen MR) is 111 cm³/mol. The van der Waals surface area contributed by atoms with E-state index in [4.69, 9.17) is 4.74 Å². The van der Waals surface area contributed by atoms with Gasteiger partial charge in [0, 0.05) is 11.7 Å². The van der Waals surface area contributed by atoms with Crippen LogP contribution in [0.25, 0.3) is 10.2 Å². The van der Waals surface area contributed by atoms with Crippen LogP contribution < -0.4 is 15.0 Å². The monoisotopic (exact) mass is 393 g/mol. The maximum atomic E-state index is 13.0. The third-order valence-electron chi connectivity index (χ3n) is 5.21. The van der Waals surface area contributed by atoms with E-state index in [0.29, 0.717) is 16.6 Å². The standard InChI is InChI=1S/C20H19N5O2S/c1-27-14-7-5-13(6-8-14)25-9-15(26)18-17(23-11-25)16-19(24-12-3-2-4-12)21-10-22-20(16)28-18/h5-8,10-12H,2-4,9H2,1H3,(H,21,22,24). The van der Waals surface area contributed by atoms with Crippen LogP contribution in [0.3, 0.4) is 0 Å². The van der Waals surface area contributed by atoms with Crippen LogP contribution in [0.5, 0.6) is 5.75 Å². The first-order valence-corrected chi connectivity index (χ1v) is 10.1. The molecule has 0 spiro atoms. The molecular formula is C20H19N5O2S. The van der Waals surface area contributed by atoms with Gasteiger partial charge in [0.1, 0.15) is 27.6 Å². The first kappa shape index (κ1) is 17.1. The molecule has 0 radical (unpaired) electrons. The summed E-state index contributed by atoms with van der Waals surface area (Å²) in [6.07, 6.45) is 6.80. The highest BCUT2D eigenvalue weighted by Crippen LogP contribution is 2.42. The SMILES string of the molecule is COc1ccc(N2C=Nc3c(sc4ncnc(NC5CCC5)c34)C(=O)C2)cc1. The highest BCUT2D eigenvalue weighted by molar-refractivity contribution is 7.21. The number of rotatable bonds is 4. The van der Waals surface area contributed by atoms with Crippen molar-refractivity contribution in [2.75, 3.05) is 23.9 Å². The number of carbonyl (C=O) groups excluding carboxylic acids is 1. The summed E-state index contributed by atoms with van der Waals surface area (Å²) in [6.45, 7) is 0.231. The van der Waals surface area contributed by atoms with Crippen LogP contribution in [-0.4, -0.2) is 41.8 Å². The van der Waals surface area contributed by atoms with Crippen LogP contribution in [0.4, 0.5) is 17.2 Å². The van der Waals surface area contributed by atoms with Gasteiger partial charge in [0.2, 0.25) is 0 Å². The molecule has 3 aromatic rings. The van der Waals surface area contributed by atoms with E-state index in [1.807, 2.05) is 29.2 Å². The molecule has 3 heterocycles. The number of anilines is 2. The number of aromatic nitrogens is 2. The van der Waals surface area contributed by atoms with Gasteiger partial charge in [-0.05, 0) is 43.5 Å². The van der Waals surface area contributed by atoms with Crippen molar-refractivity contribution in [3.8, 4) is 5.75 Å². The van der Waals surface area contributed by atoms with Gasteiger partial charge in [0.25, 0.3) is 0 Å². The van der Waals surface area contributed by atoms with Crippen LogP contribution in [0.2, 0.25) is 0 Å². The molecule has 2 aromatic heterocycles. The number of methoxy groups -OCH3 is 1. The minimum atomic E-state index is 0.0286. The highest BCUT2D eigenvalue weighted by Gasteiger charge is 2.27. The number of nitrogens with zero attached hydrogens (tertiary/aromatic N) is 4. The predicted octanol–water partition coefficient (Wildman–Crippen LogP) is 4.03. The average Bonchev–Trinajstić information content (AvgIpc) is 2.99. The molecule has 1 saturated carbocycles. The van der Waals surface area contributed by atoms with Gasteiger partial charge in [0.05, 0.1) is 31.1 Å². The topological polar surface area (TPSA) is 79.7 Å². The molecule has 0 unspecified atom stereocenters. The molecule has 0 bridgehead atoms. The first-order valence-electron chi connectivity index (χ1n) is 9.25. The molecule has 1 aromatic carbocycles. The van der Waals surface area contributed by atoms with Crippen molar-refractivity contribution in [3.05, 3.63) is 35.5 Å². The van der Waals surface area contributed by atoms with Crippen LogP contribution in [0.1, 0.15) is 28.9 Å². The number of ether oxygens (including phenoxy) is 1. The van der Waals surface area contributed by atoms with Crippen LogP contribution in [0.15, 0.2) is 35.6 Å². The summed E-state index contributed by atoms with van der Waals surface area (Å²) < 4.78 is 5.21. The van der Waals surface area contributed by atoms with Crippen LogP contribution in [-0.2, 0) is 0 Å². The van der Waals surface area contributed by atoms with Gasteiger partial charge in [-0.2, -0.15) is 0 Å². The average molecular weight is 393 g/mol. The normalized spacial score (nSPS) is 16.6. The number of nitrogens with one attached hydrogen (secondary N) is 1. The lowest BCUT2D eigenvalue weighted by molar-refractivity contribution is 0.101. The lowest BCUT2D eigenvalue weighted by Gasteiger charge is -2.27. The number of aliphatic imine (C=N–C) groups is 1. The number of carbonyl (C=O) groups is 1. The zero-order valence-electron chi connectivity index (χ0n) is 15.4. The van der Waals surface area contributed by atoms with Crippen LogP contribution >= 0.6 is 11.3 Å². The maximum absolute atomic E-state index is 13.0. The number of ketones is 1. The fraction of sp³-hybridized carbons (Fsp3) is 0.300. The van der Waals surface area contributed by atoms with Crippen molar-refractivity contribution in [1.29, 1.82) is 0 Å². The minimum absolute atomic E-state index is 0.0286. The molecule has 7 nitrogen and oxygen atoms in total. The molecule has 1 aliphatic carbocycles. The van der Waals surface area contributed by atoms with E-state index in [1.165, 1.54) is 17.8 Å². The van der Waals surface area contributed by atoms with Gasteiger partial charge in [-0.3, -0.25) is 4.79 Å². The van der Waals surface area contributed by atoms with E-state index in [0.717, 1.165) is 40.3 Å². The highest BCUT2D eigenvalue weighted by atomic mass is 32.1. The Balaban J connectivity index is 1.54. The molecular weight excluding hydrogens is 374 g/mol. The lowest BCUT2D eigenvalue weighted by atomic mass is 9.93. The van der Waals surface area contributed by atoms with Crippen LogP contribution in [0, 0.1) is 0 Å². The fourth-order valence-corrected chi connectivity index (χ4v) is 4.43. The molecule has 1 fully saturated rings. The van der Waals surface area contributed by atoms with Crippen molar-refractivity contribution >= 4 is 50.9 Å². The van der Waals surface area contributed by atoms with Gasteiger partial charge in [-0.15, -0.1) is 11.3 Å². The number of hydrogen-bond acceptors (Lipinski definition) is 8. The molecule has 0 saturated heterocycles. The van der Waals surface area contributed by atoms with Gasteiger partial charge in [0.15, 0.2) is 5.78 Å². The Kier molecular flexibility index (Phi) is 4.20. The number of thiophene rings is 1. The van der Waals surface area contributed by atoms with E-state index < -0.39 is 0 Å². The lowest BCUT2D eigenvalue weighted by Crippen LogP contribution is -2.27. The summed E-state index contributed by atoms with van der Waals surface area (Å²) in [5.41, 5.74) is 1.56. The number of fused-ring (bicyclic) bond motifs is 3. The Morgan fingerprint density at radius 3 is 2.75 bits per heavy atom. The zero-order valence-corrected chi connectivity index (χ0v) is 16.2. The smallest absolute Gasteiger partial charge is 0.194 e. The summed E-state index contributed by atoms with van der Waals surface area (Å²) in [6, 6.07) is 8.02. The second-order valence-electron chi connectivity index (χ2n) is 6.95.